The van der Waals surface area contributed by atoms with Crippen LogP contribution in [0.3, 0.4) is 0 Å². The van der Waals surface area contributed by atoms with Gasteiger partial charge in [-0.1, -0.05) is 27.4 Å². The smallest absolute Gasteiger partial charge is 0.0174 e. The molecular weight excluding hydrogens is 154 g/mol. The average molecular weight is 171 g/mol. The van der Waals surface area contributed by atoms with Crippen molar-refractivity contribution < 1.29 is 0 Å². The van der Waals surface area contributed by atoms with E-state index in [4.69, 9.17) is 5.73 Å². The van der Waals surface area contributed by atoms with Crippen LogP contribution in [-0.2, 0) is 0 Å². The maximum Gasteiger partial charge on any atom is 0.0174 e. The lowest BCUT2D eigenvalue weighted by Gasteiger charge is -2.04. The summed E-state index contributed by atoms with van der Waals surface area (Å²) in [5.74, 6) is 0.437. The van der Waals surface area contributed by atoms with Crippen molar-refractivity contribution in [1.82, 2.24) is 0 Å². The first-order valence-corrected chi connectivity index (χ1v) is 4.75. The second kappa shape index (κ2) is 5.30. The summed E-state index contributed by atoms with van der Waals surface area (Å²) in [6, 6.07) is 0. The van der Waals surface area contributed by atoms with Gasteiger partial charge in [0.1, 0.15) is 0 Å². The molecule has 0 amide bonds. The largest absolute Gasteiger partial charge is 0.401 e. The molecule has 0 bridgehead atoms. The third-order valence-corrected chi connectivity index (χ3v) is 2.43. The number of allylic oxidation sites excluding steroid dienone is 2. The van der Waals surface area contributed by atoms with Crippen molar-refractivity contribution in [2.24, 2.45) is 11.7 Å². The fourth-order valence-electron chi connectivity index (χ4n) is 0.371. The molecule has 0 saturated heterocycles. The summed E-state index contributed by atoms with van der Waals surface area (Å²) in [6.07, 6.45) is 1.01. The molecule has 0 aliphatic heterocycles. The lowest BCUT2D eigenvalue weighted by Crippen LogP contribution is -2.03. The van der Waals surface area contributed by atoms with Gasteiger partial charge in [-0.3, -0.25) is 0 Å². The van der Waals surface area contributed by atoms with E-state index in [0.717, 1.165) is 17.0 Å². The van der Waals surface area contributed by atoms with E-state index < -0.39 is 0 Å². The number of nitrogens with two attached hydrogens (primary N) is 1. The van der Waals surface area contributed by atoms with E-state index in [2.05, 4.69) is 27.4 Å². The van der Waals surface area contributed by atoms with Gasteiger partial charge in [-0.15, -0.1) is 11.8 Å². The van der Waals surface area contributed by atoms with E-state index >= 15 is 0 Å². The molecule has 2 N–H and O–H groups in total. The van der Waals surface area contributed by atoms with Crippen molar-refractivity contribution in [2.45, 2.75) is 27.2 Å². The Kier molecular flexibility index (Phi) is 5.12. The van der Waals surface area contributed by atoms with E-state index in [1.54, 1.807) is 11.8 Å². The average Bonchev–Trinajstić information content (AvgIpc) is 1.99. The van der Waals surface area contributed by atoms with Crippen LogP contribution >= 0.6 is 11.8 Å². The Morgan fingerprint density at radius 2 is 2.18 bits per heavy atom. The van der Waals surface area contributed by atoms with Crippen molar-refractivity contribution >= 4 is 11.8 Å². The minimum atomic E-state index is 0.437. The molecule has 0 atom stereocenters. The van der Waals surface area contributed by atoms with E-state index in [0.29, 0.717) is 5.92 Å². The van der Waals surface area contributed by atoms with Crippen molar-refractivity contribution in [3.63, 3.8) is 0 Å². The molecule has 0 saturated carbocycles. The maximum atomic E-state index is 5.72. The predicted molar refractivity (Wildman–Crippen MR) is 54.1 cm³/mol. The van der Waals surface area contributed by atoms with Crippen LogP contribution in [-0.4, -0.2) is 0 Å². The summed E-state index contributed by atoms with van der Waals surface area (Å²) in [5.41, 5.74) is 6.65. The molecular formula is C9H17NS. The van der Waals surface area contributed by atoms with Crippen LogP contribution in [0.2, 0.25) is 0 Å². The minimum absolute atomic E-state index is 0.437. The highest BCUT2D eigenvalue weighted by Crippen LogP contribution is 2.20. The fourth-order valence-corrected chi connectivity index (χ4v) is 1.11. The van der Waals surface area contributed by atoms with Crippen molar-refractivity contribution in [1.29, 1.82) is 0 Å². The van der Waals surface area contributed by atoms with Crippen LogP contribution in [0, 0.1) is 5.92 Å². The van der Waals surface area contributed by atoms with Crippen LogP contribution in [0.25, 0.3) is 0 Å². The number of hydrogen-bond donors (Lipinski definition) is 1. The Labute approximate surface area is 73.7 Å². The van der Waals surface area contributed by atoms with Gasteiger partial charge in [0.15, 0.2) is 0 Å². The van der Waals surface area contributed by atoms with Gasteiger partial charge in [0.05, 0.1) is 0 Å². The second-order valence-electron chi connectivity index (χ2n) is 2.78. The molecule has 0 aliphatic rings. The first-order chi connectivity index (χ1) is 5.07. The molecule has 2 heteroatoms. The van der Waals surface area contributed by atoms with Gasteiger partial charge in [-0.05, 0) is 22.7 Å². The van der Waals surface area contributed by atoms with Gasteiger partial charge in [0.25, 0.3) is 0 Å². The number of rotatable bonds is 4. The first-order valence-electron chi connectivity index (χ1n) is 3.87. The maximum absolute atomic E-state index is 5.72. The Bertz CT molecular complexity index is 159. The first kappa shape index (κ1) is 10.6. The van der Waals surface area contributed by atoms with Crippen molar-refractivity contribution in [2.75, 3.05) is 0 Å². The highest BCUT2D eigenvalue weighted by molar-refractivity contribution is 8.05. The normalized spacial score (nSPS) is 12.2. The monoisotopic (exact) mass is 171 g/mol. The summed E-state index contributed by atoms with van der Waals surface area (Å²) < 4.78 is 0. The standard InChI is InChI=1S/C9H17NS/c1-5-8(4)11-6-9(10)7(2)3/h6-7H,4-5,10H2,1-3H3/b9-6-. The quantitative estimate of drug-likeness (QED) is 0.703. The Morgan fingerprint density at radius 1 is 1.64 bits per heavy atom. The lowest BCUT2D eigenvalue weighted by atomic mass is 10.2. The van der Waals surface area contributed by atoms with Gasteiger partial charge in [0.2, 0.25) is 0 Å². The van der Waals surface area contributed by atoms with Crippen LogP contribution in [0.1, 0.15) is 27.2 Å². The summed E-state index contributed by atoms with van der Waals surface area (Å²) in [7, 11) is 0. The zero-order valence-electron chi connectivity index (χ0n) is 7.55. The molecule has 0 radical (unpaired) electrons. The molecule has 0 aromatic rings. The van der Waals surface area contributed by atoms with Crippen LogP contribution in [0.5, 0.6) is 0 Å². The van der Waals surface area contributed by atoms with Gasteiger partial charge in [0, 0.05) is 5.70 Å². The summed E-state index contributed by atoms with van der Waals surface area (Å²) in [5, 5.41) is 1.98. The number of hydrogen-bond acceptors (Lipinski definition) is 2. The molecule has 0 aromatic heterocycles. The molecule has 0 unspecified atom stereocenters. The van der Waals surface area contributed by atoms with Gasteiger partial charge >= 0.3 is 0 Å². The van der Waals surface area contributed by atoms with E-state index in [-0.39, 0.29) is 0 Å². The van der Waals surface area contributed by atoms with Crippen LogP contribution in [0.15, 0.2) is 22.6 Å². The molecule has 11 heavy (non-hydrogen) atoms. The molecule has 1 nitrogen and oxygen atoms in total. The lowest BCUT2D eigenvalue weighted by molar-refractivity contribution is 0.760. The van der Waals surface area contributed by atoms with Gasteiger partial charge in [-0.25, -0.2) is 0 Å². The molecule has 64 valence electrons. The van der Waals surface area contributed by atoms with E-state index in [1.165, 1.54) is 0 Å². The predicted octanol–water partition coefficient (Wildman–Crippen LogP) is 3.10. The van der Waals surface area contributed by atoms with Crippen molar-refractivity contribution in [3.8, 4) is 0 Å². The Balaban J connectivity index is 3.82. The third kappa shape index (κ3) is 4.96. The summed E-state index contributed by atoms with van der Waals surface area (Å²) >= 11 is 1.63. The Morgan fingerprint density at radius 3 is 2.55 bits per heavy atom. The molecule has 0 aromatic carbocycles. The highest BCUT2D eigenvalue weighted by atomic mass is 32.2. The second-order valence-corrected chi connectivity index (χ2v) is 3.83. The molecule has 0 rings (SSSR count). The van der Waals surface area contributed by atoms with E-state index in [9.17, 15) is 0 Å². The van der Waals surface area contributed by atoms with Crippen LogP contribution < -0.4 is 5.73 Å². The highest BCUT2D eigenvalue weighted by Gasteiger charge is 1.96. The third-order valence-electron chi connectivity index (χ3n) is 1.42. The number of thioether (sulfide) groups is 1. The Hall–Kier alpha value is -0.370. The fraction of sp³-hybridized carbons (Fsp3) is 0.556. The molecule has 0 fully saturated rings. The molecule has 0 heterocycles. The zero-order chi connectivity index (χ0) is 8.85. The molecule has 0 aliphatic carbocycles. The molecule has 0 spiro atoms. The SMILES string of the molecule is C=C(CC)S/C=C(\N)C(C)C. The zero-order valence-corrected chi connectivity index (χ0v) is 8.37. The minimum Gasteiger partial charge on any atom is -0.401 e. The topological polar surface area (TPSA) is 26.0 Å². The summed E-state index contributed by atoms with van der Waals surface area (Å²) in [6.45, 7) is 10.1. The van der Waals surface area contributed by atoms with E-state index in [1.807, 2.05) is 5.41 Å². The van der Waals surface area contributed by atoms with Crippen LogP contribution in [0.4, 0.5) is 0 Å². The van der Waals surface area contributed by atoms with Gasteiger partial charge < -0.3 is 5.73 Å². The summed E-state index contributed by atoms with van der Waals surface area (Å²) in [4.78, 5) is 1.16. The van der Waals surface area contributed by atoms with Gasteiger partial charge in [-0.2, -0.15) is 0 Å². The van der Waals surface area contributed by atoms with Crippen molar-refractivity contribution in [3.05, 3.63) is 22.6 Å².